The molecule has 5 heteroatoms. The third-order valence-electron chi connectivity index (χ3n) is 4.11. The Labute approximate surface area is 159 Å². The van der Waals surface area contributed by atoms with E-state index in [1.54, 1.807) is 31.2 Å². The normalized spacial score (nSPS) is 11.9. The van der Waals surface area contributed by atoms with Gasteiger partial charge in [-0.15, -0.1) is 0 Å². The number of hydrogen-bond donors (Lipinski definition) is 1. The first-order chi connectivity index (χ1) is 12.3. The lowest BCUT2D eigenvalue weighted by atomic mass is 9.98. The predicted molar refractivity (Wildman–Crippen MR) is 105 cm³/mol. The Hall–Kier alpha value is -2.33. The molecule has 0 saturated carbocycles. The molecule has 2 aromatic carbocycles. The summed E-state index contributed by atoms with van der Waals surface area (Å²) in [7, 11) is 0. The first-order valence-electron chi connectivity index (χ1n) is 8.62. The Morgan fingerprint density at radius 3 is 2.35 bits per heavy atom. The monoisotopic (exact) mass is 373 g/mol. The number of hydrogen-bond acceptors (Lipinski definition) is 3. The van der Waals surface area contributed by atoms with Crippen molar-refractivity contribution in [2.24, 2.45) is 0 Å². The maximum absolute atomic E-state index is 12.5. The van der Waals surface area contributed by atoms with Gasteiger partial charge in [0.1, 0.15) is 0 Å². The first-order valence-corrected chi connectivity index (χ1v) is 9.00. The van der Waals surface area contributed by atoms with Crippen LogP contribution in [0, 0.1) is 6.92 Å². The summed E-state index contributed by atoms with van der Waals surface area (Å²) in [5.74, 6) is -0.526. The number of carbonyl (C=O) groups is 2. The SMILES string of the molecule is Cc1cccc(C(C)C)c1NC(=O)[C@@H](C)OC(=O)Cc1ccc(Cl)cc1. The van der Waals surface area contributed by atoms with Crippen LogP contribution < -0.4 is 5.32 Å². The lowest BCUT2D eigenvalue weighted by Gasteiger charge is -2.19. The molecule has 0 spiro atoms. The molecule has 1 atom stereocenters. The maximum Gasteiger partial charge on any atom is 0.311 e. The van der Waals surface area contributed by atoms with Crippen molar-refractivity contribution in [3.8, 4) is 0 Å². The zero-order valence-corrected chi connectivity index (χ0v) is 16.3. The van der Waals surface area contributed by atoms with E-state index in [1.807, 2.05) is 25.1 Å². The molecule has 0 saturated heterocycles. The molecule has 2 rings (SSSR count). The number of esters is 1. The molecule has 0 aliphatic carbocycles. The largest absolute Gasteiger partial charge is 0.452 e. The number of nitrogens with one attached hydrogen (secondary N) is 1. The maximum atomic E-state index is 12.5. The molecule has 0 aromatic heterocycles. The second kappa shape index (κ2) is 8.86. The highest BCUT2D eigenvalue weighted by Crippen LogP contribution is 2.27. The molecule has 0 bridgehead atoms. The topological polar surface area (TPSA) is 55.4 Å². The van der Waals surface area contributed by atoms with Gasteiger partial charge in [-0.05, 0) is 48.6 Å². The Bertz CT molecular complexity index is 784. The summed E-state index contributed by atoms with van der Waals surface area (Å²) >= 11 is 5.83. The molecule has 1 N–H and O–H groups in total. The minimum absolute atomic E-state index is 0.0936. The number of para-hydroxylation sites is 1. The Morgan fingerprint density at radius 2 is 1.73 bits per heavy atom. The van der Waals surface area contributed by atoms with Crippen molar-refractivity contribution in [3.05, 3.63) is 64.2 Å². The summed E-state index contributed by atoms with van der Waals surface area (Å²) in [6, 6.07) is 12.9. The van der Waals surface area contributed by atoms with Gasteiger partial charge < -0.3 is 10.1 Å². The van der Waals surface area contributed by atoms with Crippen LogP contribution in [-0.4, -0.2) is 18.0 Å². The summed E-state index contributed by atoms with van der Waals surface area (Å²) in [4.78, 5) is 24.5. The van der Waals surface area contributed by atoms with Crippen LogP contribution in [0.15, 0.2) is 42.5 Å². The molecule has 0 aliphatic heterocycles. The van der Waals surface area contributed by atoms with E-state index in [9.17, 15) is 9.59 Å². The number of ether oxygens (including phenoxy) is 1. The molecule has 26 heavy (non-hydrogen) atoms. The van der Waals surface area contributed by atoms with Gasteiger partial charge in [0.05, 0.1) is 6.42 Å². The molecule has 1 amide bonds. The van der Waals surface area contributed by atoms with Gasteiger partial charge in [-0.2, -0.15) is 0 Å². The summed E-state index contributed by atoms with van der Waals surface area (Å²) in [5.41, 5.74) is 3.60. The van der Waals surface area contributed by atoms with Crippen molar-refractivity contribution in [1.82, 2.24) is 0 Å². The zero-order valence-electron chi connectivity index (χ0n) is 15.5. The van der Waals surface area contributed by atoms with Gasteiger partial charge in [-0.1, -0.05) is 55.8 Å². The van der Waals surface area contributed by atoms with Crippen molar-refractivity contribution < 1.29 is 14.3 Å². The van der Waals surface area contributed by atoms with Crippen molar-refractivity contribution in [2.75, 3.05) is 5.32 Å². The Morgan fingerprint density at radius 1 is 1.08 bits per heavy atom. The van der Waals surface area contributed by atoms with E-state index in [0.29, 0.717) is 5.02 Å². The smallest absolute Gasteiger partial charge is 0.311 e. The number of aryl methyl sites for hydroxylation is 1. The van der Waals surface area contributed by atoms with E-state index >= 15 is 0 Å². The molecule has 2 aromatic rings. The van der Waals surface area contributed by atoms with Gasteiger partial charge in [-0.3, -0.25) is 9.59 Å². The molecule has 0 aliphatic rings. The molecule has 4 nitrogen and oxygen atoms in total. The second-order valence-electron chi connectivity index (χ2n) is 6.62. The minimum Gasteiger partial charge on any atom is -0.452 e. The average molecular weight is 374 g/mol. The first kappa shape index (κ1) is 20.0. The number of carbonyl (C=O) groups excluding carboxylic acids is 2. The van der Waals surface area contributed by atoms with E-state index in [2.05, 4.69) is 19.2 Å². The third-order valence-corrected chi connectivity index (χ3v) is 4.37. The Kier molecular flexibility index (Phi) is 6.81. The van der Waals surface area contributed by atoms with Crippen LogP contribution in [0.5, 0.6) is 0 Å². The van der Waals surface area contributed by atoms with E-state index in [4.69, 9.17) is 16.3 Å². The van der Waals surface area contributed by atoms with E-state index < -0.39 is 12.1 Å². The van der Waals surface area contributed by atoms with Crippen LogP contribution in [-0.2, 0) is 20.7 Å². The highest BCUT2D eigenvalue weighted by molar-refractivity contribution is 6.30. The summed E-state index contributed by atoms with van der Waals surface area (Å²) in [6.07, 6.45) is -0.787. The van der Waals surface area contributed by atoms with E-state index in [0.717, 1.165) is 22.4 Å². The third kappa shape index (κ3) is 5.33. The molecular weight excluding hydrogens is 350 g/mol. The van der Waals surface area contributed by atoms with Crippen molar-refractivity contribution in [3.63, 3.8) is 0 Å². The number of benzene rings is 2. The summed E-state index contributed by atoms with van der Waals surface area (Å²) in [5, 5.41) is 3.51. The van der Waals surface area contributed by atoms with Crippen LogP contribution in [0.2, 0.25) is 5.02 Å². The van der Waals surface area contributed by atoms with Crippen molar-refractivity contribution >= 4 is 29.2 Å². The molecule has 0 radical (unpaired) electrons. The number of amides is 1. The highest BCUT2D eigenvalue weighted by Gasteiger charge is 2.20. The lowest BCUT2D eigenvalue weighted by molar-refractivity contribution is -0.152. The molecule has 0 unspecified atom stereocenters. The van der Waals surface area contributed by atoms with E-state index in [-0.39, 0.29) is 18.2 Å². The highest BCUT2D eigenvalue weighted by atomic mass is 35.5. The minimum atomic E-state index is -0.880. The summed E-state index contributed by atoms with van der Waals surface area (Å²) in [6.45, 7) is 7.65. The Balaban J connectivity index is 1.99. The van der Waals surface area contributed by atoms with Gasteiger partial charge in [-0.25, -0.2) is 0 Å². The average Bonchev–Trinajstić information content (AvgIpc) is 2.58. The van der Waals surface area contributed by atoms with Gasteiger partial charge in [0, 0.05) is 10.7 Å². The molecular formula is C21H24ClNO3. The number of rotatable bonds is 6. The molecule has 0 fully saturated rings. The van der Waals surface area contributed by atoms with Crippen molar-refractivity contribution in [2.45, 2.75) is 46.1 Å². The van der Waals surface area contributed by atoms with Crippen LogP contribution in [0.3, 0.4) is 0 Å². The van der Waals surface area contributed by atoms with Gasteiger partial charge in [0.2, 0.25) is 0 Å². The fourth-order valence-corrected chi connectivity index (χ4v) is 2.75. The standard InChI is InChI=1S/C21H24ClNO3/c1-13(2)18-7-5-6-14(3)20(18)23-21(25)15(4)26-19(24)12-16-8-10-17(22)11-9-16/h5-11,13,15H,12H2,1-4H3,(H,23,25)/t15-/m1/s1. The number of anilines is 1. The fourth-order valence-electron chi connectivity index (χ4n) is 2.63. The van der Waals surface area contributed by atoms with Crippen LogP contribution >= 0.6 is 11.6 Å². The molecule has 138 valence electrons. The quantitative estimate of drug-likeness (QED) is 0.734. The van der Waals surface area contributed by atoms with Crippen molar-refractivity contribution in [1.29, 1.82) is 0 Å². The summed E-state index contributed by atoms with van der Waals surface area (Å²) < 4.78 is 5.27. The second-order valence-corrected chi connectivity index (χ2v) is 7.05. The van der Waals surface area contributed by atoms with Gasteiger partial charge in [0.25, 0.3) is 5.91 Å². The van der Waals surface area contributed by atoms with Crippen LogP contribution in [0.1, 0.15) is 43.4 Å². The predicted octanol–water partition coefficient (Wildman–Crippen LogP) is 4.88. The lowest BCUT2D eigenvalue weighted by Crippen LogP contribution is -2.31. The number of halogens is 1. The zero-order chi connectivity index (χ0) is 19.3. The van der Waals surface area contributed by atoms with Gasteiger partial charge in [0.15, 0.2) is 6.10 Å². The van der Waals surface area contributed by atoms with Crippen LogP contribution in [0.4, 0.5) is 5.69 Å². The van der Waals surface area contributed by atoms with Crippen LogP contribution in [0.25, 0.3) is 0 Å². The molecule has 0 heterocycles. The van der Waals surface area contributed by atoms with E-state index in [1.165, 1.54) is 0 Å². The van der Waals surface area contributed by atoms with Gasteiger partial charge >= 0.3 is 5.97 Å². The fraction of sp³-hybridized carbons (Fsp3) is 0.333.